The van der Waals surface area contributed by atoms with Gasteiger partial charge >= 0.3 is 0 Å². The maximum Gasteiger partial charge on any atom is 0.300 e. The van der Waals surface area contributed by atoms with Gasteiger partial charge < -0.3 is 20.6 Å². The molecule has 2 aromatic carbocycles. The molecule has 0 saturated heterocycles. The van der Waals surface area contributed by atoms with Crippen LogP contribution in [0.5, 0.6) is 0 Å². The van der Waals surface area contributed by atoms with Gasteiger partial charge in [-0.25, -0.2) is 14.6 Å². The lowest BCUT2D eigenvalue weighted by Gasteiger charge is -2.33. The third-order valence-corrected chi connectivity index (χ3v) is 7.13. The van der Waals surface area contributed by atoms with Crippen LogP contribution >= 0.6 is 0 Å². The largest absolute Gasteiger partial charge is 0.423 e. The minimum atomic E-state index is -0.620. The normalized spacial score (nSPS) is 20.3. The van der Waals surface area contributed by atoms with E-state index in [1.807, 2.05) is 55.8 Å². The van der Waals surface area contributed by atoms with Crippen molar-refractivity contribution in [3.05, 3.63) is 53.9 Å². The highest BCUT2D eigenvalue weighted by Gasteiger charge is 2.31. The van der Waals surface area contributed by atoms with Crippen molar-refractivity contribution in [2.45, 2.75) is 58.1 Å². The number of rotatable bonds is 4. The van der Waals surface area contributed by atoms with Crippen LogP contribution in [0.25, 0.3) is 33.4 Å². The van der Waals surface area contributed by atoms with Crippen molar-refractivity contribution in [2.24, 2.45) is 0 Å². The zero-order valence-corrected chi connectivity index (χ0v) is 20.6. The van der Waals surface area contributed by atoms with Crippen molar-refractivity contribution >= 4 is 39.7 Å². The van der Waals surface area contributed by atoms with Crippen LogP contribution in [0.15, 0.2) is 47.1 Å². The molecule has 0 unspecified atom stereocenters. The monoisotopic (exact) mass is 483 g/mol. The lowest BCUT2D eigenvalue weighted by atomic mass is 9.84. The molecule has 3 aromatic heterocycles. The highest BCUT2D eigenvalue weighted by molar-refractivity contribution is 5.98. The molecule has 4 N–H and O–H groups in total. The second-order valence-electron chi connectivity index (χ2n) is 10.1. The van der Waals surface area contributed by atoms with Crippen LogP contribution in [0.3, 0.4) is 0 Å². The summed E-state index contributed by atoms with van der Waals surface area (Å²) in [5.41, 5.74) is 12.7. The minimum Gasteiger partial charge on any atom is -0.423 e. The number of anilines is 3. The fourth-order valence-corrected chi connectivity index (χ4v) is 5.19. The van der Waals surface area contributed by atoms with E-state index < -0.39 is 5.60 Å². The predicted octanol–water partition coefficient (Wildman–Crippen LogP) is 5.44. The van der Waals surface area contributed by atoms with Crippen LogP contribution in [0.1, 0.15) is 49.8 Å². The molecule has 9 nitrogen and oxygen atoms in total. The predicted molar refractivity (Wildman–Crippen MR) is 140 cm³/mol. The number of nitrogen functional groups attached to an aromatic ring is 1. The molecule has 1 aliphatic carbocycles. The molecule has 36 heavy (non-hydrogen) atoms. The quantitative estimate of drug-likeness (QED) is 0.308. The summed E-state index contributed by atoms with van der Waals surface area (Å²) in [5, 5.41) is 19.3. The van der Waals surface area contributed by atoms with Crippen LogP contribution in [0.2, 0.25) is 0 Å². The second kappa shape index (κ2) is 8.30. The van der Waals surface area contributed by atoms with E-state index in [4.69, 9.17) is 15.2 Å². The molecule has 1 fully saturated rings. The Morgan fingerprint density at radius 1 is 1.11 bits per heavy atom. The summed E-state index contributed by atoms with van der Waals surface area (Å²) in [6.45, 7) is 5.97. The van der Waals surface area contributed by atoms with Gasteiger partial charge in [0.05, 0.1) is 17.0 Å². The van der Waals surface area contributed by atoms with Crippen LogP contribution in [-0.4, -0.2) is 35.4 Å². The van der Waals surface area contributed by atoms with Gasteiger partial charge in [-0.05, 0) is 75.8 Å². The Labute approximate surface area is 208 Å². The third-order valence-electron chi connectivity index (χ3n) is 7.13. The van der Waals surface area contributed by atoms with Gasteiger partial charge in [0.25, 0.3) is 6.01 Å². The number of oxazole rings is 1. The lowest BCUT2D eigenvalue weighted by Crippen LogP contribution is -2.31. The Bertz CT molecular complexity index is 1570. The summed E-state index contributed by atoms with van der Waals surface area (Å²) >= 11 is 0. The molecule has 184 valence electrons. The van der Waals surface area contributed by atoms with Crippen molar-refractivity contribution in [3.63, 3.8) is 0 Å². The number of nitrogens with two attached hydrogens (primary N) is 1. The summed E-state index contributed by atoms with van der Waals surface area (Å²) in [6, 6.07) is 12.6. The first-order valence-corrected chi connectivity index (χ1v) is 12.2. The van der Waals surface area contributed by atoms with Gasteiger partial charge in [0.1, 0.15) is 23.4 Å². The number of nitrogens with zero attached hydrogens (tertiary/aromatic N) is 5. The van der Waals surface area contributed by atoms with Gasteiger partial charge in [-0.3, -0.25) is 0 Å². The maximum atomic E-state index is 10.4. The summed E-state index contributed by atoms with van der Waals surface area (Å²) in [6.07, 6.45) is 4.60. The Balaban J connectivity index is 1.32. The molecule has 6 rings (SSSR count). The third kappa shape index (κ3) is 3.95. The van der Waals surface area contributed by atoms with Crippen molar-refractivity contribution in [2.75, 3.05) is 11.1 Å². The van der Waals surface area contributed by atoms with E-state index in [-0.39, 0.29) is 6.04 Å². The number of fused-ring (bicyclic) bond motifs is 2. The molecule has 0 spiro atoms. The van der Waals surface area contributed by atoms with Crippen molar-refractivity contribution < 1.29 is 9.52 Å². The van der Waals surface area contributed by atoms with Crippen LogP contribution in [0, 0.1) is 13.8 Å². The van der Waals surface area contributed by atoms with E-state index in [9.17, 15) is 5.11 Å². The molecule has 0 radical (unpaired) electrons. The maximum absolute atomic E-state index is 10.4. The van der Waals surface area contributed by atoms with Crippen LogP contribution < -0.4 is 11.1 Å². The summed E-state index contributed by atoms with van der Waals surface area (Å²) < 4.78 is 7.91. The molecule has 0 aliphatic heterocycles. The van der Waals surface area contributed by atoms with E-state index in [0.717, 1.165) is 75.9 Å². The molecule has 3 heterocycles. The van der Waals surface area contributed by atoms with Crippen molar-refractivity contribution in [3.8, 4) is 11.3 Å². The molecule has 0 atom stereocenters. The number of hydrogen-bond acceptors (Lipinski definition) is 8. The first-order valence-electron chi connectivity index (χ1n) is 12.2. The van der Waals surface area contributed by atoms with Gasteiger partial charge in [-0.2, -0.15) is 10.1 Å². The zero-order valence-electron chi connectivity index (χ0n) is 20.6. The topological polar surface area (TPSA) is 128 Å². The van der Waals surface area contributed by atoms with Gasteiger partial charge in [-0.1, -0.05) is 18.2 Å². The van der Waals surface area contributed by atoms with Crippen molar-refractivity contribution in [1.29, 1.82) is 0 Å². The minimum absolute atomic E-state index is 0.156. The Hall–Kier alpha value is -3.98. The molecular weight excluding hydrogens is 454 g/mol. The second-order valence-corrected chi connectivity index (χ2v) is 10.1. The standard InChI is InChI=1S/C27H29N7O2/c1-15-12-16(2)23-20(13-15)32-26(36-23)31-18-6-4-17(5-7-18)22-21-24(28)29-14-30-25(21)34(33-22)19-8-10-27(3,35)11-9-19/h4-7,12-14,19,35H,8-11H2,1-3H3,(H,31,32)(H2,28,29,30)/t19-,27+. The molecule has 9 heteroatoms. The lowest BCUT2D eigenvalue weighted by molar-refractivity contribution is 0.00900. The van der Waals surface area contributed by atoms with E-state index in [1.165, 1.54) is 6.33 Å². The fourth-order valence-electron chi connectivity index (χ4n) is 5.19. The van der Waals surface area contributed by atoms with E-state index in [1.54, 1.807) is 0 Å². The number of aryl methyl sites for hydroxylation is 2. The Kier molecular flexibility index (Phi) is 5.19. The highest BCUT2D eigenvalue weighted by Crippen LogP contribution is 2.39. The highest BCUT2D eigenvalue weighted by atomic mass is 16.4. The van der Waals surface area contributed by atoms with E-state index in [0.29, 0.717) is 11.8 Å². The van der Waals surface area contributed by atoms with Crippen LogP contribution in [-0.2, 0) is 0 Å². The SMILES string of the molecule is Cc1cc(C)c2oc(Nc3ccc(-c4nn([C@H]5CC[C@@](C)(O)CC5)c5ncnc(N)c45)cc3)nc2c1. The molecule has 1 aliphatic rings. The summed E-state index contributed by atoms with van der Waals surface area (Å²) in [5.74, 6) is 0.406. The molecule has 0 amide bonds. The van der Waals surface area contributed by atoms with Crippen LogP contribution in [0.4, 0.5) is 17.5 Å². The average molecular weight is 484 g/mol. The molecular formula is C27H29N7O2. The number of aromatic nitrogens is 5. The number of aliphatic hydroxyl groups is 1. The fraction of sp³-hybridized carbons (Fsp3) is 0.333. The molecule has 5 aromatic rings. The van der Waals surface area contributed by atoms with Crippen molar-refractivity contribution in [1.82, 2.24) is 24.7 Å². The molecule has 1 saturated carbocycles. The average Bonchev–Trinajstić information content (AvgIpc) is 3.42. The van der Waals surface area contributed by atoms with Gasteiger partial charge in [-0.15, -0.1) is 0 Å². The van der Waals surface area contributed by atoms with Gasteiger partial charge in [0.15, 0.2) is 11.2 Å². The number of benzene rings is 2. The molecule has 0 bridgehead atoms. The smallest absolute Gasteiger partial charge is 0.300 e. The summed E-state index contributed by atoms with van der Waals surface area (Å²) in [4.78, 5) is 13.3. The first-order chi connectivity index (χ1) is 17.3. The van der Waals surface area contributed by atoms with E-state index >= 15 is 0 Å². The summed E-state index contributed by atoms with van der Waals surface area (Å²) in [7, 11) is 0. The number of hydrogen-bond donors (Lipinski definition) is 3. The zero-order chi connectivity index (χ0) is 25.0. The Morgan fingerprint density at radius 2 is 1.86 bits per heavy atom. The Morgan fingerprint density at radius 3 is 2.61 bits per heavy atom. The first kappa shape index (κ1) is 22.5. The van der Waals surface area contributed by atoms with Gasteiger partial charge in [0.2, 0.25) is 0 Å². The van der Waals surface area contributed by atoms with Gasteiger partial charge in [0, 0.05) is 11.3 Å². The number of nitrogens with one attached hydrogen (secondary N) is 1. The van der Waals surface area contributed by atoms with E-state index in [2.05, 4.69) is 26.3 Å².